The SMILES string of the molecule is Cc1nc(C)c(C(=O)NC2CCSc3ccccc32)s1. The first-order valence-corrected chi connectivity index (χ1v) is 8.42. The van der Waals surface area contributed by atoms with Crippen LogP contribution in [0, 0.1) is 13.8 Å². The minimum absolute atomic E-state index is 0.000182. The second kappa shape index (κ2) is 5.58. The van der Waals surface area contributed by atoms with Crippen molar-refractivity contribution in [2.45, 2.75) is 31.2 Å². The van der Waals surface area contributed by atoms with Crippen molar-refractivity contribution >= 4 is 29.0 Å². The monoisotopic (exact) mass is 304 g/mol. The van der Waals surface area contributed by atoms with Gasteiger partial charge >= 0.3 is 0 Å². The molecule has 1 N–H and O–H groups in total. The number of thioether (sulfide) groups is 1. The van der Waals surface area contributed by atoms with E-state index in [2.05, 4.69) is 22.4 Å². The molecular formula is C15H16N2OS2. The number of fused-ring (bicyclic) bond motifs is 1. The maximum absolute atomic E-state index is 12.4. The second-order valence-electron chi connectivity index (χ2n) is 4.85. The first-order valence-electron chi connectivity index (χ1n) is 6.62. The number of benzene rings is 1. The van der Waals surface area contributed by atoms with Gasteiger partial charge in [-0.1, -0.05) is 18.2 Å². The van der Waals surface area contributed by atoms with Gasteiger partial charge in [0.2, 0.25) is 0 Å². The fourth-order valence-electron chi connectivity index (χ4n) is 2.46. The van der Waals surface area contributed by atoms with Crippen molar-refractivity contribution in [3.05, 3.63) is 45.4 Å². The fraction of sp³-hybridized carbons (Fsp3) is 0.333. The Hall–Kier alpha value is -1.33. The van der Waals surface area contributed by atoms with Gasteiger partial charge in [0.1, 0.15) is 4.88 Å². The molecule has 1 aliphatic heterocycles. The van der Waals surface area contributed by atoms with Gasteiger partial charge in [-0.15, -0.1) is 23.1 Å². The summed E-state index contributed by atoms with van der Waals surface area (Å²) in [5, 5.41) is 4.10. The number of aromatic nitrogens is 1. The molecule has 2 aromatic rings. The number of hydrogen-bond acceptors (Lipinski definition) is 4. The van der Waals surface area contributed by atoms with Gasteiger partial charge in [-0.25, -0.2) is 4.98 Å². The molecule has 0 bridgehead atoms. The third-order valence-electron chi connectivity index (χ3n) is 3.37. The van der Waals surface area contributed by atoms with Crippen LogP contribution < -0.4 is 5.32 Å². The Balaban J connectivity index is 1.82. The standard InChI is InChI=1S/C15H16N2OS2/c1-9-14(20-10(2)16-9)15(18)17-12-7-8-19-13-6-4-3-5-11(12)13/h3-6,12H,7-8H2,1-2H3,(H,17,18). The first-order chi connectivity index (χ1) is 9.65. The van der Waals surface area contributed by atoms with Gasteiger partial charge in [-0.2, -0.15) is 0 Å². The van der Waals surface area contributed by atoms with Gasteiger partial charge in [0, 0.05) is 10.6 Å². The van der Waals surface area contributed by atoms with Crippen LogP contribution in [-0.2, 0) is 0 Å². The Morgan fingerprint density at radius 3 is 2.90 bits per heavy atom. The lowest BCUT2D eigenvalue weighted by molar-refractivity contribution is 0.0938. The average Bonchev–Trinajstić information content (AvgIpc) is 2.78. The Bertz CT molecular complexity index is 651. The van der Waals surface area contributed by atoms with E-state index in [9.17, 15) is 4.79 Å². The molecule has 0 saturated carbocycles. The summed E-state index contributed by atoms with van der Waals surface area (Å²) in [5.74, 6) is 1.04. The van der Waals surface area contributed by atoms with Gasteiger partial charge < -0.3 is 5.32 Å². The smallest absolute Gasteiger partial charge is 0.263 e. The number of nitrogens with one attached hydrogen (secondary N) is 1. The number of amides is 1. The van der Waals surface area contributed by atoms with Crippen molar-refractivity contribution in [3.63, 3.8) is 0 Å². The molecule has 1 unspecified atom stereocenters. The number of hydrogen-bond donors (Lipinski definition) is 1. The van der Waals surface area contributed by atoms with Gasteiger partial charge in [0.05, 0.1) is 16.7 Å². The van der Waals surface area contributed by atoms with Gasteiger partial charge in [-0.05, 0) is 31.9 Å². The van der Waals surface area contributed by atoms with E-state index in [1.807, 2.05) is 37.7 Å². The minimum atomic E-state index is -0.000182. The topological polar surface area (TPSA) is 42.0 Å². The van der Waals surface area contributed by atoms with E-state index in [1.54, 1.807) is 0 Å². The molecule has 0 spiro atoms. The molecular weight excluding hydrogens is 288 g/mol. The summed E-state index contributed by atoms with van der Waals surface area (Å²) in [5.41, 5.74) is 2.06. The normalized spacial score (nSPS) is 17.6. The third kappa shape index (κ3) is 2.60. The molecule has 1 aromatic heterocycles. The highest BCUT2D eigenvalue weighted by atomic mass is 32.2. The molecule has 0 radical (unpaired) electrons. The maximum Gasteiger partial charge on any atom is 0.263 e. The molecule has 20 heavy (non-hydrogen) atoms. The van der Waals surface area contributed by atoms with E-state index >= 15 is 0 Å². The minimum Gasteiger partial charge on any atom is -0.344 e. The summed E-state index contributed by atoms with van der Waals surface area (Å²) >= 11 is 3.33. The van der Waals surface area contributed by atoms with Crippen LogP contribution in [0.2, 0.25) is 0 Å². The van der Waals surface area contributed by atoms with E-state index in [1.165, 1.54) is 21.8 Å². The zero-order valence-corrected chi connectivity index (χ0v) is 13.1. The molecule has 104 valence electrons. The van der Waals surface area contributed by atoms with Crippen LogP contribution in [0.25, 0.3) is 0 Å². The van der Waals surface area contributed by atoms with E-state index in [0.717, 1.165) is 27.8 Å². The molecule has 5 heteroatoms. The van der Waals surface area contributed by atoms with E-state index in [4.69, 9.17) is 0 Å². The molecule has 2 heterocycles. The van der Waals surface area contributed by atoms with Crippen molar-refractivity contribution < 1.29 is 4.79 Å². The number of carbonyl (C=O) groups excluding carboxylic acids is 1. The predicted octanol–water partition coefficient (Wildman–Crippen LogP) is 3.73. The Morgan fingerprint density at radius 2 is 2.15 bits per heavy atom. The van der Waals surface area contributed by atoms with Crippen molar-refractivity contribution in [2.24, 2.45) is 0 Å². The van der Waals surface area contributed by atoms with E-state index < -0.39 is 0 Å². The Kier molecular flexibility index (Phi) is 3.81. The molecule has 0 aliphatic carbocycles. The van der Waals surface area contributed by atoms with Crippen LogP contribution in [0.1, 0.15) is 38.4 Å². The lowest BCUT2D eigenvalue weighted by Crippen LogP contribution is -2.30. The van der Waals surface area contributed by atoms with Crippen LogP contribution in [0.4, 0.5) is 0 Å². The molecule has 1 aromatic carbocycles. The number of aryl methyl sites for hydroxylation is 2. The van der Waals surface area contributed by atoms with Crippen LogP contribution in [0.3, 0.4) is 0 Å². The van der Waals surface area contributed by atoms with Gasteiger partial charge in [0.15, 0.2) is 0 Å². The molecule has 1 atom stereocenters. The largest absolute Gasteiger partial charge is 0.344 e. The molecule has 3 nitrogen and oxygen atoms in total. The number of rotatable bonds is 2. The molecule has 1 amide bonds. The first kappa shape index (κ1) is 13.6. The van der Waals surface area contributed by atoms with E-state index in [-0.39, 0.29) is 11.9 Å². The fourth-order valence-corrected chi connectivity index (χ4v) is 4.41. The van der Waals surface area contributed by atoms with Crippen molar-refractivity contribution in [1.29, 1.82) is 0 Å². The van der Waals surface area contributed by atoms with Crippen LogP contribution >= 0.6 is 23.1 Å². The third-order valence-corrected chi connectivity index (χ3v) is 5.57. The molecule has 1 aliphatic rings. The van der Waals surface area contributed by atoms with Crippen molar-refractivity contribution in [1.82, 2.24) is 10.3 Å². The highest BCUT2D eigenvalue weighted by Crippen LogP contribution is 2.36. The zero-order valence-electron chi connectivity index (χ0n) is 11.5. The van der Waals surface area contributed by atoms with Gasteiger partial charge in [0.25, 0.3) is 5.91 Å². The summed E-state index contributed by atoms with van der Waals surface area (Å²) in [6.45, 7) is 3.82. The zero-order chi connectivity index (χ0) is 14.1. The number of carbonyl (C=O) groups is 1. The number of nitrogens with zero attached hydrogens (tertiary/aromatic N) is 1. The summed E-state index contributed by atoms with van der Waals surface area (Å²) in [7, 11) is 0. The highest BCUT2D eigenvalue weighted by molar-refractivity contribution is 7.99. The quantitative estimate of drug-likeness (QED) is 0.919. The van der Waals surface area contributed by atoms with Crippen molar-refractivity contribution in [3.8, 4) is 0 Å². The lowest BCUT2D eigenvalue weighted by atomic mass is 10.0. The number of thiazole rings is 1. The van der Waals surface area contributed by atoms with Gasteiger partial charge in [-0.3, -0.25) is 4.79 Å². The van der Waals surface area contributed by atoms with Crippen LogP contribution in [0.5, 0.6) is 0 Å². The predicted molar refractivity (Wildman–Crippen MR) is 83.6 cm³/mol. The Labute approximate surface area is 126 Å². The maximum atomic E-state index is 12.4. The summed E-state index contributed by atoms with van der Waals surface area (Å²) in [4.78, 5) is 18.7. The van der Waals surface area contributed by atoms with Crippen LogP contribution in [-0.4, -0.2) is 16.6 Å². The Morgan fingerprint density at radius 1 is 1.35 bits per heavy atom. The van der Waals surface area contributed by atoms with E-state index in [0.29, 0.717) is 0 Å². The van der Waals surface area contributed by atoms with Crippen molar-refractivity contribution in [2.75, 3.05) is 5.75 Å². The summed E-state index contributed by atoms with van der Waals surface area (Å²) in [6, 6.07) is 8.43. The highest BCUT2D eigenvalue weighted by Gasteiger charge is 2.23. The summed E-state index contributed by atoms with van der Waals surface area (Å²) < 4.78 is 0. The molecule has 0 saturated heterocycles. The lowest BCUT2D eigenvalue weighted by Gasteiger charge is -2.25. The second-order valence-corrected chi connectivity index (χ2v) is 7.19. The molecule has 3 rings (SSSR count). The average molecular weight is 304 g/mol. The molecule has 0 fully saturated rings. The summed E-state index contributed by atoms with van der Waals surface area (Å²) in [6.07, 6.45) is 0.976. The van der Waals surface area contributed by atoms with Crippen LogP contribution in [0.15, 0.2) is 29.2 Å².